The van der Waals surface area contributed by atoms with E-state index in [2.05, 4.69) is 5.32 Å². The molecule has 2 rings (SSSR count). The van der Waals surface area contributed by atoms with Gasteiger partial charge < -0.3 is 5.32 Å². The Balaban J connectivity index is 1.85. The molecule has 0 saturated heterocycles. The summed E-state index contributed by atoms with van der Waals surface area (Å²) in [4.78, 5) is 12.0. The standard InChI is InChI=1S/C16H15Cl2NO3S/c17-12-3-7-14(8-4-12)19-16(20)2-1-11-23(21,22)15-9-5-13(18)6-10-15/h3-10H,1-2,11H2,(H,19,20). The number of hydrogen-bond acceptors (Lipinski definition) is 3. The van der Waals surface area contributed by atoms with Crippen molar-refractivity contribution >= 4 is 44.6 Å². The number of anilines is 1. The van der Waals surface area contributed by atoms with Gasteiger partial charge in [-0.2, -0.15) is 0 Å². The minimum atomic E-state index is -3.41. The number of carbonyl (C=O) groups excluding carboxylic acids is 1. The first-order chi connectivity index (χ1) is 10.9. The average molecular weight is 372 g/mol. The molecule has 7 heteroatoms. The van der Waals surface area contributed by atoms with Gasteiger partial charge in [-0.15, -0.1) is 0 Å². The summed E-state index contributed by atoms with van der Waals surface area (Å²) in [5.41, 5.74) is 0.625. The van der Waals surface area contributed by atoms with Gasteiger partial charge in [-0.25, -0.2) is 8.42 Å². The zero-order valence-electron chi connectivity index (χ0n) is 12.1. The van der Waals surface area contributed by atoms with Crippen molar-refractivity contribution in [2.24, 2.45) is 0 Å². The Labute approximate surface area is 145 Å². The Kier molecular flexibility index (Phi) is 6.04. The van der Waals surface area contributed by atoms with Gasteiger partial charge >= 0.3 is 0 Å². The zero-order valence-corrected chi connectivity index (χ0v) is 14.5. The van der Waals surface area contributed by atoms with Crippen molar-refractivity contribution in [3.8, 4) is 0 Å². The summed E-state index contributed by atoms with van der Waals surface area (Å²) in [7, 11) is -3.41. The van der Waals surface area contributed by atoms with Gasteiger partial charge in [0.05, 0.1) is 10.6 Å². The molecular weight excluding hydrogens is 357 g/mol. The molecule has 4 nitrogen and oxygen atoms in total. The van der Waals surface area contributed by atoms with E-state index in [-0.39, 0.29) is 29.4 Å². The summed E-state index contributed by atoms with van der Waals surface area (Å²) < 4.78 is 24.3. The van der Waals surface area contributed by atoms with Gasteiger partial charge in [-0.3, -0.25) is 4.79 Å². The molecule has 0 bridgehead atoms. The molecule has 0 aliphatic rings. The number of carbonyl (C=O) groups is 1. The van der Waals surface area contributed by atoms with Crippen molar-refractivity contribution in [2.75, 3.05) is 11.1 Å². The van der Waals surface area contributed by atoms with Gasteiger partial charge in [0, 0.05) is 22.2 Å². The van der Waals surface area contributed by atoms with Gasteiger partial charge in [0.25, 0.3) is 0 Å². The van der Waals surface area contributed by atoms with E-state index in [1.807, 2.05) is 0 Å². The van der Waals surface area contributed by atoms with Gasteiger partial charge in [0.2, 0.25) is 5.91 Å². The molecule has 0 unspecified atom stereocenters. The summed E-state index contributed by atoms with van der Waals surface area (Å²) >= 11 is 11.5. The molecular formula is C16H15Cl2NO3S. The van der Waals surface area contributed by atoms with E-state index in [1.54, 1.807) is 24.3 Å². The second kappa shape index (κ2) is 7.81. The molecule has 0 aliphatic heterocycles. The number of sulfone groups is 1. The van der Waals surface area contributed by atoms with E-state index in [4.69, 9.17) is 23.2 Å². The van der Waals surface area contributed by atoms with Crippen LogP contribution in [0.25, 0.3) is 0 Å². The van der Waals surface area contributed by atoms with Crippen LogP contribution in [0.3, 0.4) is 0 Å². The van der Waals surface area contributed by atoms with Crippen LogP contribution in [0.4, 0.5) is 5.69 Å². The van der Waals surface area contributed by atoms with Crippen LogP contribution in [0.2, 0.25) is 10.0 Å². The van der Waals surface area contributed by atoms with E-state index in [9.17, 15) is 13.2 Å². The molecule has 1 amide bonds. The van der Waals surface area contributed by atoms with Crippen LogP contribution in [0, 0.1) is 0 Å². The fraction of sp³-hybridized carbons (Fsp3) is 0.188. The Morgan fingerprint density at radius 1 is 0.913 bits per heavy atom. The highest BCUT2D eigenvalue weighted by Crippen LogP contribution is 2.17. The monoisotopic (exact) mass is 371 g/mol. The molecule has 2 aromatic carbocycles. The van der Waals surface area contributed by atoms with Crippen LogP contribution in [0.15, 0.2) is 53.4 Å². The maximum Gasteiger partial charge on any atom is 0.224 e. The summed E-state index contributed by atoms with van der Waals surface area (Å²) in [6.45, 7) is 0. The molecule has 0 aromatic heterocycles. The number of hydrogen-bond donors (Lipinski definition) is 1. The number of halogens is 2. The third-order valence-corrected chi connectivity index (χ3v) is 5.44. The van der Waals surface area contributed by atoms with Crippen LogP contribution < -0.4 is 5.32 Å². The lowest BCUT2D eigenvalue weighted by Crippen LogP contribution is -2.14. The highest BCUT2D eigenvalue weighted by atomic mass is 35.5. The Bertz CT molecular complexity index is 772. The van der Waals surface area contributed by atoms with Crippen molar-refractivity contribution in [3.63, 3.8) is 0 Å². The number of nitrogens with one attached hydrogen (secondary N) is 1. The largest absolute Gasteiger partial charge is 0.326 e. The second-order valence-electron chi connectivity index (χ2n) is 4.93. The van der Waals surface area contributed by atoms with Gasteiger partial charge in [-0.1, -0.05) is 23.2 Å². The fourth-order valence-electron chi connectivity index (χ4n) is 1.94. The lowest BCUT2D eigenvalue weighted by Gasteiger charge is -2.06. The van der Waals surface area contributed by atoms with Gasteiger partial charge in [-0.05, 0) is 55.0 Å². The van der Waals surface area contributed by atoms with Gasteiger partial charge in [0.1, 0.15) is 0 Å². The molecule has 0 aliphatic carbocycles. The summed E-state index contributed by atoms with van der Waals surface area (Å²) in [5.74, 6) is -0.332. The molecule has 0 heterocycles. The molecule has 0 saturated carbocycles. The van der Waals surface area contributed by atoms with Crippen molar-refractivity contribution in [3.05, 3.63) is 58.6 Å². The summed E-state index contributed by atoms with van der Waals surface area (Å²) in [6.07, 6.45) is 0.361. The third kappa shape index (κ3) is 5.53. The topological polar surface area (TPSA) is 63.2 Å². The Hall–Kier alpha value is -1.56. The van der Waals surface area contributed by atoms with Crippen LogP contribution in [-0.4, -0.2) is 20.1 Å². The lowest BCUT2D eigenvalue weighted by molar-refractivity contribution is -0.116. The van der Waals surface area contributed by atoms with Crippen LogP contribution in [0.1, 0.15) is 12.8 Å². The molecule has 0 atom stereocenters. The van der Waals surface area contributed by atoms with Crippen LogP contribution in [0.5, 0.6) is 0 Å². The second-order valence-corrected chi connectivity index (χ2v) is 7.91. The van der Waals surface area contributed by atoms with Crippen LogP contribution >= 0.6 is 23.2 Å². The van der Waals surface area contributed by atoms with E-state index in [0.29, 0.717) is 15.7 Å². The van der Waals surface area contributed by atoms with Crippen molar-refractivity contribution in [1.29, 1.82) is 0 Å². The molecule has 2 aromatic rings. The summed E-state index contributed by atoms with van der Waals surface area (Å²) in [6, 6.07) is 12.7. The molecule has 0 spiro atoms. The average Bonchev–Trinajstić information content (AvgIpc) is 2.50. The lowest BCUT2D eigenvalue weighted by atomic mass is 10.3. The van der Waals surface area contributed by atoms with Crippen molar-refractivity contribution < 1.29 is 13.2 Å². The predicted octanol–water partition coefficient (Wildman–Crippen LogP) is 4.19. The first-order valence-corrected chi connectivity index (χ1v) is 9.31. The molecule has 0 radical (unpaired) electrons. The minimum Gasteiger partial charge on any atom is -0.326 e. The molecule has 23 heavy (non-hydrogen) atoms. The van der Waals surface area contributed by atoms with E-state index < -0.39 is 9.84 Å². The molecule has 122 valence electrons. The molecule has 1 N–H and O–H groups in total. The zero-order chi connectivity index (χ0) is 16.9. The number of amides is 1. The predicted molar refractivity (Wildman–Crippen MR) is 92.8 cm³/mol. The maximum absolute atomic E-state index is 12.1. The summed E-state index contributed by atoms with van der Waals surface area (Å²) in [5, 5.41) is 3.75. The maximum atomic E-state index is 12.1. The third-order valence-electron chi connectivity index (χ3n) is 3.12. The van der Waals surface area contributed by atoms with Gasteiger partial charge in [0.15, 0.2) is 9.84 Å². The quantitative estimate of drug-likeness (QED) is 0.827. The Morgan fingerprint density at radius 3 is 2.00 bits per heavy atom. The highest BCUT2D eigenvalue weighted by molar-refractivity contribution is 7.91. The Morgan fingerprint density at radius 2 is 1.43 bits per heavy atom. The first-order valence-electron chi connectivity index (χ1n) is 6.90. The van der Waals surface area contributed by atoms with Crippen molar-refractivity contribution in [2.45, 2.75) is 17.7 Å². The molecule has 0 fully saturated rings. The number of benzene rings is 2. The SMILES string of the molecule is O=C(CCCS(=O)(=O)c1ccc(Cl)cc1)Nc1ccc(Cl)cc1. The van der Waals surface area contributed by atoms with E-state index in [1.165, 1.54) is 24.3 Å². The minimum absolute atomic E-state index is 0.0946. The number of rotatable bonds is 6. The highest BCUT2D eigenvalue weighted by Gasteiger charge is 2.15. The normalized spacial score (nSPS) is 11.2. The van der Waals surface area contributed by atoms with E-state index >= 15 is 0 Å². The fourth-order valence-corrected chi connectivity index (χ4v) is 3.50. The van der Waals surface area contributed by atoms with Crippen molar-refractivity contribution in [1.82, 2.24) is 0 Å². The van der Waals surface area contributed by atoms with Crippen LogP contribution in [-0.2, 0) is 14.6 Å². The first kappa shape index (κ1) is 17.8. The smallest absolute Gasteiger partial charge is 0.224 e. The van der Waals surface area contributed by atoms with E-state index in [0.717, 1.165) is 0 Å².